The minimum atomic E-state index is 0. The van der Waals surface area contributed by atoms with Gasteiger partial charge in [0.25, 0.3) is 0 Å². The van der Waals surface area contributed by atoms with Crippen molar-refractivity contribution in [2.24, 2.45) is 4.99 Å². The van der Waals surface area contributed by atoms with Crippen LogP contribution in [0, 0.1) is 6.92 Å². The number of likely N-dealkylation sites (tertiary alicyclic amines) is 1. The van der Waals surface area contributed by atoms with Crippen molar-refractivity contribution < 1.29 is 4.74 Å². The van der Waals surface area contributed by atoms with Crippen LogP contribution in [0.15, 0.2) is 29.3 Å². The Hall–Kier alpha value is -0.860. The minimum Gasteiger partial charge on any atom is -0.383 e. The van der Waals surface area contributed by atoms with E-state index in [2.05, 4.69) is 51.7 Å². The Labute approximate surface area is 163 Å². The van der Waals surface area contributed by atoms with Crippen LogP contribution in [0.4, 0.5) is 0 Å². The maximum atomic E-state index is 5.20. The van der Waals surface area contributed by atoms with E-state index in [1.165, 1.54) is 30.5 Å². The predicted octanol–water partition coefficient (Wildman–Crippen LogP) is 2.39. The van der Waals surface area contributed by atoms with Crippen molar-refractivity contribution in [2.45, 2.75) is 32.4 Å². The third kappa shape index (κ3) is 6.94. The van der Waals surface area contributed by atoms with Gasteiger partial charge < -0.3 is 15.4 Å². The normalized spacial score (nSPS) is 18.3. The largest absolute Gasteiger partial charge is 0.383 e. The predicted molar refractivity (Wildman–Crippen MR) is 111 cm³/mol. The van der Waals surface area contributed by atoms with E-state index < -0.39 is 0 Å². The minimum absolute atomic E-state index is 0. The monoisotopic (exact) mass is 446 g/mol. The Bertz CT molecular complexity index is 492. The second-order valence-electron chi connectivity index (χ2n) is 6.12. The van der Waals surface area contributed by atoms with Gasteiger partial charge in [0, 0.05) is 39.8 Å². The molecule has 136 valence electrons. The van der Waals surface area contributed by atoms with E-state index in [9.17, 15) is 0 Å². The van der Waals surface area contributed by atoms with E-state index >= 15 is 0 Å². The molecular weight excluding hydrogens is 415 g/mol. The molecule has 0 radical (unpaired) electrons. The summed E-state index contributed by atoms with van der Waals surface area (Å²) in [7, 11) is 3.59. The van der Waals surface area contributed by atoms with Crippen molar-refractivity contribution >= 4 is 29.9 Å². The number of rotatable bonds is 7. The third-order valence-corrected chi connectivity index (χ3v) is 4.39. The van der Waals surface area contributed by atoms with Gasteiger partial charge in [0.15, 0.2) is 5.96 Å². The van der Waals surface area contributed by atoms with E-state index in [0.717, 1.165) is 32.2 Å². The highest BCUT2D eigenvalue weighted by molar-refractivity contribution is 14.0. The molecule has 1 aliphatic rings. The molecule has 0 amide bonds. The van der Waals surface area contributed by atoms with Crippen LogP contribution in [0.2, 0.25) is 0 Å². The van der Waals surface area contributed by atoms with Gasteiger partial charge in [0.2, 0.25) is 0 Å². The number of methoxy groups -OCH3 is 1. The average Bonchev–Trinajstić information content (AvgIpc) is 3.02. The van der Waals surface area contributed by atoms with E-state index in [0.29, 0.717) is 6.04 Å². The summed E-state index contributed by atoms with van der Waals surface area (Å²) in [4.78, 5) is 6.82. The van der Waals surface area contributed by atoms with Crippen molar-refractivity contribution in [1.29, 1.82) is 0 Å². The molecule has 1 saturated heterocycles. The molecular formula is C18H31IN4O. The van der Waals surface area contributed by atoms with Gasteiger partial charge in [-0.25, -0.2) is 0 Å². The van der Waals surface area contributed by atoms with Crippen molar-refractivity contribution in [3.8, 4) is 0 Å². The quantitative estimate of drug-likeness (QED) is 0.384. The van der Waals surface area contributed by atoms with Crippen LogP contribution in [0.1, 0.15) is 24.0 Å². The molecule has 1 heterocycles. The molecule has 0 saturated carbocycles. The molecule has 1 atom stereocenters. The molecule has 0 aliphatic carbocycles. The SMILES string of the molecule is CN=C(NCc1ccc(C)cc1)NCC1CCCN1CCOC.I. The number of nitrogens with zero attached hydrogens (tertiary/aromatic N) is 2. The number of hydrogen-bond acceptors (Lipinski definition) is 3. The lowest BCUT2D eigenvalue weighted by Crippen LogP contribution is -2.45. The number of nitrogens with one attached hydrogen (secondary N) is 2. The smallest absolute Gasteiger partial charge is 0.191 e. The number of benzene rings is 1. The molecule has 1 fully saturated rings. The number of halogens is 1. The summed E-state index contributed by atoms with van der Waals surface area (Å²) in [5.41, 5.74) is 2.55. The summed E-state index contributed by atoms with van der Waals surface area (Å²) >= 11 is 0. The fourth-order valence-electron chi connectivity index (χ4n) is 2.96. The maximum Gasteiger partial charge on any atom is 0.191 e. The first-order valence-corrected chi connectivity index (χ1v) is 8.46. The first kappa shape index (κ1) is 21.2. The first-order valence-electron chi connectivity index (χ1n) is 8.46. The zero-order chi connectivity index (χ0) is 16.5. The van der Waals surface area contributed by atoms with Crippen LogP contribution in [0.3, 0.4) is 0 Å². The zero-order valence-corrected chi connectivity index (χ0v) is 17.4. The molecule has 1 aliphatic heterocycles. The number of guanidine groups is 1. The molecule has 6 heteroatoms. The Kier molecular flexibility index (Phi) is 10.3. The van der Waals surface area contributed by atoms with Crippen molar-refractivity contribution in [3.05, 3.63) is 35.4 Å². The standard InChI is InChI=1S/C18H30N4O.HI/c1-15-6-8-16(9-7-15)13-20-18(19-2)21-14-17-5-4-10-22(17)11-12-23-3;/h6-9,17H,4-5,10-14H2,1-3H3,(H2,19,20,21);1H. The Morgan fingerprint density at radius 1 is 1.29 bits per heavy atom. The highest BCUT2D eigenvalue weighted by Gasteiger charge is 2.23. The van der Waals surface area contributed by atoms with Crippen LogP contribution in [0.25, 0.3) is 0 Å². The lowest BCUT2D eigenvalue weighted by molar-refractivity contribution is 0.141. The third-order valence-electron chi connectivity index (χ3n) is 4.39. The lowest BCUT2D eigenvalue weighted by Gasteiger charge is -2.25. The maximum absolute atomic E-state index is 5.20. The van der Waals surface area contributed by atoms with Gasteiger partial charge in [0.05, 0.1) is 6.61 Å². The Balaban J connectivity index is 0.00000288. The highest BCUT2D eigenvalue weighted by Crippen LogP contribution is 2.15. The van der Waals surface area contributed by atoms with Gasteiger partial charge in [-0.1, -0.05) is 29.8 Å². The van der Waals surface area contributed by atoms with Crippen LogP contribution in [-0.2, 0) is 11.3 Å². The summed E-state index contributed by atoms with van der Waals surface area (Å²) in [6.45, 7) is 6.81. The fourth-order valence-corrected chi connectivity index (χ4v) is 2.96. The second-order valence-corrected chi connectivity index (χ2v) is 6.12. The van der Waals surface area contributed by atoms with E-state index in [1.807, 2.05) is 7.05 Å². The van der Waals surface area contributed by atoms with Gasteiger partial charge in [-0.15, -0.1) is 24.0 Å². The van der Waals surface area contributed by atoms with Crippen LogP contribution < -0.4 is 10.6 Å². The summed E-state index contributed by atoms with van der Waals surface area (Å²) < 4.78 is 5.20. The summed E-state index contributed by atoms with van der Waals surface area (Å²) in [5, 5.41) is 6.84. The summed E-state index contributed by atoms with van der Waals surface area (Å²) in [6.07, 6.45) is 2.51. The van der Waals surface area contributed by atoms with Crippen molar-refractivity contribution in [2.75, 3.05) is 40.4 Å². The van der Waals surface area contributed by atoms with E-state index in [4.69, 9.17) is 4.74 Å². The summed E-state index contributed by atoms with van der Waals surface area (Å²) in [5.74, 6) is 0.865. The molecule has 0 spiro atoms. The topological polar surface area (TPSA) is 48.9 Å². The van der Waals surface area contributed by atoms with Gasteiger partial charge in [-0.3, -0.25) is 9.89 Å². The number of ether oxygens (including phenoxy) is 1. The van der Waals surface area contributed by atoms with Gasteiger partial charge >= 0.3 is 0 Å². The Morgan fingerprint density at radius 2 is 2.04 bits per heavy atom. The molecule has 1 aromatic rings. The highest BCUT2D eigenvalue weighted by atomic mass is 127. The molecule has 0 aromatic heterocycles. The molecule has 5 nitrogen and oxygen atoms in total. The number of hydrogen-bond donors (Lipinski definition) is 2. The van der Waals surface area contributed by atoms with E-state index in [-0.39, 0.29) is 24.0 Å². The van der Waals surface area contributed by atoms with E-state index in [1.54, 1.807) is 7.11 Å². The van der Waals surface area contributed by atoms with Gasteiger partial charge in [-0.05, 0) is 31.9 Å². The lowest BCUT2D eigenvalue weighted by atomic mass is 10.1. The first-order chi connectivity index (χ1) is 11.2. The van der Waals surface area contributed by atoms with Crippen LogP contribution in [-0.4, -0.2) is 57.3 Å². The molecule has 1 unspecified atom stereocenters. The van der Waals surface area contributed by atoms with Gasteiger partial charge in [-0.2, -0.15) is 0 Å². The van der Waals surface area contributed by atoms with Crippen molar-refractivity contribution in [1.82, 2.24) is 15.5 Å². The molecule has 2 rings (SSSR count). The molecule has 1 aromatic carbocycles. The second kappa shape index (κ2) is 11.7. The number of aliphatic imine (C=N–C) groups is 1. The molecule has 2 N–H and O–H groups in total. The van der Waals surface area contributed by atoms with Crippen molar-refractivity contribution in [3.63, 3.8) is 0 Å². The Morgan fingerprint density at radius 3 is 2.71 bits per heavy atom. The number of aryl methyl sites for hydroxylation is 1. The zero-order valence-electron chi connectivity index (χ0n) is 15.0. The van der Waals surface area contributed by atoms with Gasteiger partial charge in [0.1, 0.15) is 0 Å². The van der Waals surface area contributed by atoms with Crippen LogP contribution in [0.5, 0.6) is 0 Å². The van der Waals surface area contributed by atoms with Crippen LogP contribution >= 0.6 is 24.0 Å². The average molecular weight is 446 g/mol. The molecule has 0 bridgehead atoms. The molecule has 24 heavy (non-hydrogen) atoms. The fraction of sp³-hybridized carbons (Fsp3) is 0.611. The summed E-state index contributed by atoms with van der Waals surface area (Å²) in [6, 6.07) is 9.15.